The maximum atomic E-state index is 11.7. The summed E-state index contributed by atoms with van der Waals surface area (Å²) in [5.74, 6) is 1.50. The standard InChI is InChI=1S/C15H23NO3S/c1-11(2)16-14(15(17)19-4)9-10-20-13-7-5-12(18-3)6-8-13/h5-8,11,14,16H,9-10H2,1-4H3. The highest BCUT2D eigenvalue weighted by Crippen LogP contribution is 2.22. The maximum Gasteiger partial charge on any atom is 0.322 e. The van der Waals surface area contributed by atoms with E-state index in [1.54, 1.807) is 18.9 Å². The Balaban J connectivity index is 2.44. The molecule has 0 saturated heterocycles. The number of hydrogen-bond donors (Lipinski definition) is 1. The number of esters is 1. The number of carbonyl (C=O) groups is 1. The summed E-state index contributed by atoms with van der Waals surface area (Å²) in [7, 11) is 3.08. The van der Waals surface area contributed by atoms with Crippen LogP contribution in [-0.2, 0) is 9.53 Å². The number of rotatable bonds is 8. The highest BCUT2D eigenvalue weighted by atomic mass is 32.2. The zero-order valence-electron chi connectivity index (χ0n) is 12.5. The number of ether oxygens (including phenoxy) is 2. The summed E-state index contributed by atoms with van der Waals surface area (Å²) >= 11 is 1.72. The minimum Gasteiger partial charge on any atom is -0.497 e. The predicted molar refractivity (Wildman–Crippen MR) is 82.4 cm³/mol. The summed E-state index contributed by atoms with van der Waals surface area (Å²) in [4.78, 5) is 12.8. The minimum absolute atomic E-state index is 0.200. The minimum atomic E-state index is -0.245. The summed E-state index contributed by atoms with van der Waals surface area (Å²) in [6.45, 7) is 4.04. The summed E-state index contributed by atoms with van der Waals surface area (Å²) in [5.41, 5.74) is 0. The van der Waals surface area contributed by atoms with E-state index in [0.29, 0.717) is 0 Å². The van der Waals surface area contributed by atoms with Gasteiger partial charge in [0.25, 0.3) is 0 Å². The molecule has 1 aromatic carbocycles. The second kappa shape index (κ2) is 8.87. The van der Waals surface area contributed by atoms with Gasteiger partial charge in [-0.05, 0) is 30.7 Å². The average molecular weight is 297 g/mol. The number of benzene rings is 1. The van der Waals surface area contributed by atoms with Gasteiger partial charge in [-0.1, -0.05) is 13.8 Å². The van der Waals surface area contributed by atoms with Gasteiger partial charge in [0.15, 0.2) is 0 Å². The van der Waals surface area contributed by atoms with E-state index in [4.69, 9.17) is 9.47 Å². The molecule has 1 atom stereocenters. The zero-order valence-corrected chi connectivity index (χ0v) is 13.3. The van der Waals surface area contributed by atoms with Crippen molar-refractivity contribution < 1.29 is 14.3 Å². The monoisotopic (exact) mass is 297 g/mol. The highest BCUT2D eigenvalue weighted by Gasteiger charge is 2.19. The van der Waals surface area contributed by atoms with E-state index in [-0.39, 0.29) is 18.1 Å². The number of methoxy groups -OCH3 is 2. The Morgan fingerprint density at radius 1 is 1.25 bits per heavy atom. The molecule has 0 amide bonds. The Bertz CT molecular complexity index is 406. The largest absolute Gasteiger partial charge is 0.497 e. The molecule has 4 nitrogen and oxygen atoms in total. The van der Waals surface area contributed by atoms with Crippen molar-refractivity contribution in [3.8, 4) is 5.75 Å². The molecule has 0 aliphatic heterocycles. The molecule has 1 unspecified atom stereocenters. The molecule has 5 heteroatoms. The van der Waals surface area contributed by atoms with Crippen LogP contribution < -0.4 is 10.1 Å². The van der Waals surface area contributed by atoms with E-state index in [2.05, 4.69) is 5.32 Å². The Morgan fingerprint density at radius 3 is 2.40 bits per heavy atom. The quantitative estimate of drug-likeness (QED) is 0.590. The van der Waals surface area contributed by atoms with E-state index in [1.165, 1.54) is 12.0 Å². The molecule has 0 saturated carbocycles. The van der Waals surface area contributed by atoms with Crippen LogP contribution in [0.3, 0.4) is 0 Å². The van der Waals surface area contributed by atoms with E-state index < -0.39 is 0 Å². The first-order valence-corrected chi connectivity index (χ1v) is 7.66. The van der Waals surface area contributed by atoms with Crippen molar-refractivity contribution in [1.29, 1.82) is 0 Å². The lowest BCUT2D eigenvalue weighted by atomic mass is 10.2. The fourth-order valence-corrected chi connectivity index (χ4v) is 2.70. The van der Waals surface area contributed by atoms with E-state index >= 15 is 0 Å². The number of hydrogen-bond acceptors (Lipinski definition) is 5. The van der Waals surface area contributed by atoms with Crippen molar-refractivity contribution in [1.82, 2.24) is 5.32 Å². The molecule has 0 aliphatic carbocycles. The van der Waals surface area contributed by atoms with E-state index in [9.17, 15) is 4.79 Å². The lowest BCUT2D eigenvalue weighted by molar-refractivity contribution is -0.143. The van der Waals surface area contributed by atoms with Gasteiger partial charge in [0, 0.05) is 16.7 Å². The van der Waals surface area contributed by atoms with E-state index in [1.807, 2.05) is 38.1 Å². The molecule has 20 heavy (non-hydrogen) atoms. The molecule has 0 heterocycles. The topological polar surface area (TPSA) is 47.6 Å². The van der Waals surface area contributed by atoms with Crippen molar-refractivity contribution in [2.75, 3.05) is 20.0 Å². The number of thioether (sulfide) groups is 1. The van der Waals surface area contributed by atoms with Gasteiger partial charge in [-0.15, -0.1) is 11.8 Å². The van der Waals surface area contributed by atoms with Crippen LogP contribution in [0.15, 0.2) is 29.2 Å². The Kier molecular flexibility index (Phi) is 7.47. The van der Waals surface area contributed by atoms with Crippen LogP contribution in [0.4, 0.5) is 0 Å². The van der Waals surface area contributed by atoms with Gasteiger partial charge >= 0.3 is 5.97 Å². The lowest BCUT2D eigenvalue weighted by Crippen LogP contribution is -2.41. The first-order valence-electron chi connectivity index (χ1n) is 6.67. The van der Waals surface area contributed by atoms with Gasteiger partial charge in [0.2, 0.25) is 0 Å². The van der Waals surface area contributed by atoms with Crippen LogP contribution in [0.5, 0.6) is 5.75 Å². The van der Waals surface area contributed by atoms with Gasteiger partial charge in [-0.3, -0.25) is 4.79 Å². The van der Waals surface area contributed by atoms with Gasteiger partial charge in [0.1, 0.15) is 11.8 Å². The van der Waals surface area contributed by atoms with Crippen molar-refractivity contribution in [2.24, 2.45) is 0 Å². The molecule has 0 radical (unpaired) electrons. The van der Waals surface area contributed by atoms with Crippen molar-refractivity contribution >= 4 is 17.7 Å². The van der Waals surface area contributed by atoms with Crippen molar-refractivity contribution in [3.05, 3.63) is 24.3 Å². The van der Waals surface area contributed by atoms with Crippen molar-refractivity contribution in [2.45, 2.75) is 37.2 Å². The molecule has 0 aromatic heterocycles. The van der Waals surface area contributed by atoms with Crippen molar-refractivity contribution in [3.63, 3.8) is 0 Å². The predicted octanol–water partition coefficient (Wildman–Crippen LogP) is 2.72. The molecule has 1 rings (SSSR count). The molecule has 1 aromatic rings. The first kappa shape index (κ1) is 16.9. The van der Waals surface area contributed by atoms with Gasteiger partial charge in [-0.2, -0.15) is 0 Å². The maximum absolute atomic E-state index is 11.7. The molecule has 1 N–H and O–H groups in total. The molecule has 0 spiro atoms. The van der Waals surface area contributed by atoms with Crippen LogP contribution in [-0.4, -0.2) is 38.0 Å². The summed E-state index contributed by atoms with van der Waals surface area (Å²) in [5, 5.41) is 3.23. The Labute approximate surface area is 125 Å². The molecular weight excluding hydrogens is 274 g/mol. The number of carbonyl (C=O) groups excluding carboxylic acids is 1. The van der Waals surface area contributed by atoms with Crippen LogP contribution in [0.2, 0.25) is 0 Å². The SMILES string of the molecule is COC(=O)C(CCSc1ccc(OC)cc1)NC(C)C. The summed E-state index contributed by atoms with van der Waals surface area (Å²) in [6.07, 6.45) is 0.738. The fraction of sp³-hybridized carbons (Fsp3) is 0.533. The third-order valence-corrected chi connectivity index (χ3v) is 3.80. The molecule has 112 valence electrons. The molecule has 0 fully saturated rings. The second-order valence-corrected chi connectivity index (χ2v) is 5.88. The number of nitrogens with one attached hydrogen (secondary N) is 1. The normalized spacial score (nSPS) is 12.2. The third kappa shape index (κ3) is 5.84. The van der Waals surface area contributed by atoms with Gasteiger partial charge < -0.3 is 14.8 Å². The summed E-state index contributed by atoms with van der Waals surface area (Å²) in [6, 6.07) is 7.92. The lowest BCUT2D eigenvalue weighted by Gasteiger charge is -2.18. The first-order chi connectivity index (χ1) is 9.56. The van der Waals surface area contributed by atoms with Gasteiger partial charge in [0.05, 0.1) is 14.2 Å². The van der Waals surface area contributed by atoms with Crippen LogP contribution >= 0.6 is 11.8 Å². The van der Waals surface area contributed by atoms with Crippen LogP contribution in [0.1, 0.15) is 20.3 Å². The van der Waals surface area contributed by atoms with E-state index in [0.717, 1.165) is 17.9 Å². The van der Waals surface area contributed by atoms with Crippen LogP contribution in [0, 0.1) is 0 Å². The molecular formula is C15H23NO3S. The van der Waals surface area contributed by atoms with Crippen LogP contribution in [0.25, 0.3) is 0 Å². The fourth-order valence-electron chi connectivity index (χ4n) is 1.78. The smallest absolute Gasteiger partial charge is 0.322 e. The summed E-state index contributed by atoms with van der Waals surface area (Å²) < 4.78 is 9.94. The third-order valence-electron chi connectivity index (χ3n) is 2.75. The van der Waals surface area contributed by atoms with Gasteiger partial charge in [-0.25, -0.2) is 0 Å². The zero-order chi connectivity index (χ0) is 15.0. The molecule has 0 aliphatic rings. The second-order valence-electron chi connectivity index (χ2n) is 4.71. The average Bonchev–Trinajstić information content (AvgIpc) is 2.45. The molecule has 0 bridgehead atoms. The Hall–Kier alpha value is -1.20. The Morgan fingerprint density at radius 2 is 1.90 bits per heavy atom. The highest BCUT2D eigenvalue weighted by molar-refractivity contribution is 7.99.